The summed E-state index contributed by atoms with van der Waals surface area (Å²) in [5.41, 5.74) is 0.961. The summed E-state index contributed by atoms with van der Waals surface area (Å²) in [6, 6.07) is 0. The highest BCUT2D eigenvalue weighted by Crippen LogP contribution is 2.08. The molecule has 0 saturated heterocycles. The van der Waals surface area contributed by atoms with Gasteiger partial charge in [0.1, 0.15) is 5.76 Å². The second-order valence-corrected chi connectivity index (χ2v) is 3.99. The molecular formula is C12H16N2O4. The summed E-state index contributed by atoms with van der Waals surface area (Å²) in [6.07, 6.45) is 0. The summed E-state index contributed by atoms with van der Waals surface area (Å²) in [6.45, 7) is 6.58. The molecule has 1 rings (SSSR count). The van der Waals surface area contributed by atoms with Crippen molar-refractivity contribution in [2.75, 3.05) is 0 Å². The van der Waals surface area contributed by atoms with Gasteiger partial charge in [-0.15, -0.1) is 0 Å². The molecule has 1 aromatic heterocycles. The number of aliphatic carboxylic acids is 1. The lowest BCUT2D eigenvalue weighted by Gasteiger charge is -2.04. The zero-order valence-corrected chi connectivity index (χ0v) is 10.8. The van der Waals surface area contributed by atoms with Crippen LogP contribution in [0.25, 0.3) is 0 Å². The minimum Gasteiger partial charge on any atom is -0.478 e. The van der Waals surface area contributed by atoms with E-state index in [1.54, 1.807) is 6.92 Å². The molecule has 0 aromatic carbocycles. The Labute approximate surface area is 105 Å². The van der Waals surface area contributed by atoms with Crippen molar-refractivity contribution in [3.05, 3.63) is 28.5 Å². The number of nitrogens with zero attached hydrogens (tertiary/aromatic N) is 1. The molecule has 0 fully saturated rings. The highest BCUT2D eigenvalue weighted by atomic mass is 16.4. The molecule has 1 aromatic rings. The van der Waals surface area contributed by atoms with Gasteiger partial charge in [-0.1, -0.05) is 0 Å². The predicted molar refractivity (Wildman–Crippen MR) is 63.8 cm³/mol. The number of amides is 1. The Balaban J connectivity index is 2.67. The molecule has 0 radical (unpaired) electrons. The van der Waals surface area contributed by atoms with Crippen LogP contribution in [0.5, 0.6) is 0 Å². The van der Waals surface area contributed by atoms with Crippen molar-refractivity contribution in [2.24, 2.45) is 0 Å². The Hall–Kier alpha value is -2.11. The lowest BCUT2D eigenvalue weighted by Crippen LogP contribution is -2.25. The predicted octanol–water partition coefficient (Wildman–Crippen LogP) is 1.33. The molecule has 1 heterocycles. The van der Waals surface area contributed by atoms with E-state index in [2.05, 4.69) is 10.3 Å². The van der Waals surface area contributed by atoms with Gasteiger partial charge in [0.25, 0.3) is 0 Å². The van der Waals surface area contributed by atoms with E-state index in [-0.39, 0.29) is 17.7 Å². The van der Waals surface area contributed by atoms with E-state index in [4.69, 9.17) is 9.52 Å². The summed E-state index contributed by atoms with van der Waals surface area (Å²) >= 11 is 0. The molecule has 1 amide bonds. The van der Waals surface area contributed by atoms with Crippen LogP contribution in [-0.2, 0) is 16.1 Å². The number of carboxylic acid groups (broad SMARTS) is 1. The van der Waals surface area contributed by atoms with E-state index in [9.17, 15) is 9.59 Å². The number of hydrogen-bond donors (Lipinski definition) is 2. The molecule has 0 aliphatic rings. The molecule has 0 atom stereocenters. The van der Waals surface area contributed by atoms with Crippen LogP contribution in [0.15, 0.2) is 15.6 Å². The van der Waals surface area contributed by atoms with Crippen LogP contribution in [0.4, 0.5) is 0 Å². The number of nitrogens with one attached hydrogen (secondary N) is 1. The zero-order chi connectivity index (χ0) is 13.9. The van der Waals surface area contributed by atoms with Crippen molar-refractivity contribution >= 4 is 11.9 Å². The van der Waals surface area contributed by atoms with E-state index >= 15 is 0 Å². The smallest absolute Gasteiger partial charge is 0.331 e. The molecular weight excluding hydrogens is 236 g/mol. The summed E-state index contributed by atoms with van der Waals surface area (Å²) in [7, 11) is 0. The molecule has 98 valence electrons. The summed E-state index contributed by atoms with van der Waals surface area (Å²) < 4.78 is 5.29. The van der Waals surface area contributed by atoms with Crippen molar-refractivity contribution in [3.63, 3.8) is 0 Å². The van der Waals surface area contributed by atoms with Crippen LogP contribution in [0.1, 0.15) is 31.2 Å². The first-order valence-electron chi connectivity index (χ1n) is 5.44. The van der Waals surface area contributed by atoms with Gasteiger partial charge in [0.05, 0.1) is 12.2 Å². The van der Waals surface area contributed by atoms with Gasteiger partial charge in [-0.25, -0.2) is 9.78 Å². The van der Waals surface area contributed by atoms with Gasteiger partial charge < -0.3 is 14.8 Å². The highest BCUT2D eigenvalue weighted by Gasteiger charge is 2.13. The molecule has 0 aliphatic heterocycles. The third-order valence-electron chi connectivity index (χ3n) is 2.70. The van der Waals surface area contributed by atoms with Crippen LogP contribution >= 0.6 is 0 Å². The lowest BCUT2D eigenvalue weighted by molar-refractivity contribution is -0.133. The Kier molecular flexibility index (Phi) is 4.25. The fourth-order valence-electron chi connectivity index (χ4n) is 1.23. The maximum Gasteiger partial charge on any atom is 0.331 e. The second kappa shape index (κ2) is 5.48. The standard InChI is InChI=1S/C12H16N2O4/c1-6(7(2)12(16)17)11(15)13-5-10-14-8(3)9(4)18-10/h5H2,1-4H3,(H,13,15)(H,16,17). The Morgan fingerprint density at radius 3 is 2.33 bits per heavy atom. The Bertz CT molecular complexity index is 495. The first kappa shape index (κ1) is 14.0. The summed E-state index contributed by atoms with van der Waals surface area (Å²) in [4.78, 5) is 26.5. The fraction of sp³-hybridized carbons (Fsp3) is 0.417. The maximum absolute atomic E-state index is 11.7. The Morgan fingerprint density at radius 1 is 1.28 bits per heavy atom. The van der Waals surface area contributed by atoms with E-state index in [1.165, 1.54) is 13.8 Å². The average molecular weight is 252 g/mol. The third-order valence-corrected chi connectivity index (χ3v) is 2.70. The number of carbonyl (C=O) groups is 2. The quantitative estimate of drug-likeness (QED) is 0.788. The van der Waals surface area contributed by atoms with Crippen molar-refractivity contribution in [1.29, 1.82) is 0 Å². The fourth-order valence-corrected chi connectivity index (χ4v) is 1.23. The van der Waals surface area contributed by atoms with Gasteiger partial charge in [0.2, 0.25) is 11.8 Å². The summed E-state index contributed by atoms with van der Waals surface area (Å²) in [5.74, 6) is -0.443. The topological polar surface area (TPSA) is 92.4 Å². The molecule has 0 bridgehead atoms. The van der Waals surface area contributed by atoms with Crippen molar-refractivity contribution in [1.82, 2.24) is 10.3 Å². The van der Waals surface area contributed by atoms with Gasteiger partial charge >= 0.3 is 5.97 Å². The van der Waals surface area contributed by atoms with E-state index < -0.39 is 11.9 Å². The van der Waals surface area contributed by atoms with Crippen LogP contribution in [0, 0.1) is 13.8 Å². The first-order chi connectivity index (χ1) is 8.32. The monoisotopic (exact) mass is 252 g/mol. The SMILES string of the molecule is CC(C(=O)O)=C(C)C(=O)NCc1nc(C)c(C)o1. The minimum absolute atomic E-state index is 0.0206. The zero-order valence-electron chi connectivity index (χ0n) is 10.8. The van der Waals surface area contributed by atoms with Crippen LogP contribution in [-0.4, -0.2) is 22.0 Å². The highest BCUT2D eigenvalue weighted by molar-refractivity contribution is 6.01. The van der Waals surface area contributed by atoms with E-state index in [1.807, 2.05) is 6.92 Å². The van der Waals surface area contributed by atoms with E-state index in [0.717, 1.165) is 5.69 Å². The number of aryl methyl sites for hydroxylation is 2. The number of carbonyl (C=O) groups excluding carboxylic acids is 1. The number of rotatable bonds is 4. The number of oxazole rings is 1. The maximum atomic E-state index is 11.7. The second-order valence-electron chi connectivity index (χ2n) is 3.99. The van der Waals surface area contributed by atoms with Crippen LogP contribution < -0.4 is 5.32 Å². The van der Waals surface area contributed by atoms with Gasteiger partial charge in [-0.3, -0.25) is 4.79 Å². The number of carboxylic acids is 1. The molecule has 18 heavy (non-hydrogen) atoms. The van der Waals surface area contributed by atoms with Gasteiger partial charge in [0.15, 0.2) is 0 Å². The Morgan fingerprint density at radius 2 is 1.89 bits per heavy atom. The molecule has 0 aliphatic carbocycles. The van der Waals surface area contributed by atoms with Crippen molar-refractivity contribution in [2.45, 2.75) is 34.2 Å². The van der Waals surface area contributed by atoms with Crippen LogP contribution in [0.3, 0.4) is 0 Å². The normalized spacial score (nSPS) is 12.0. The van der Waals surface area contributed by atoms with Crippen molar-refractivity contribution in [3.8, 4) is 0 Å². The van der Waals surface area contributed by atoms with Crippen LogP contribution in [0.2, 0.25) is 0 Å². The minimum atomic E-state index is -1.11. The molecule has 0 spiro atoms. The average Bonchev–Trinajstić information content (AvgIpc) is 2.63. The third kappa shape index (κ3) is 3.19. The molecule has 6 heteroatoms. The van der Waals surface area contributed by atoms with Gasteiger partial charge in [-0.05, 0) is 27.7 Å². The lowest BCUT2D eigenvalue weighted by atomic mass is 10.1. The number of aromatic nitrogens is 1. The summed E-state index contributed by atoms with van der Waals surface area (Å²) in [5, 5.41) is 11.3. The molecule has 2 N–H and O–H groups in total. The number of hydrogen-bond acceptors (Lipinski definition) is 4. The van der Waals surface area contributed by atoms with Gasteiger partial charge in [0, 0.05) is 11.1 Å². The largest absolute Gasteiger partial charge is 0.478 e. The molecule has 0 unspecified atom stereocenters. The van der Waals surface area contributed by atoms with Gasteiger partial charge in [-0.2, -0.15) is 0 Å². The van der Waals surface area contributed by atoms with Crippen molar-refractivity contribution < 1.29 is 19.1 Å². The van der Waals surface area contributed by atoms with E-state index in [0.29, 0.717) is 11.7 Å². The molecule has 0 saturated carbocycles. The molecule has 6 nitrogen and oxygen atoms in total. The first-order valence-corrected chi connectivity index (χ1v) is 5.44.